The highest BCUT2D eigenvalue weighted by Crippen LogP contribution is 2.31. The first-order valence-corrected chi connectivity index (χ1v) is 10.5. The summed E-state index contributed by atoms with van der Waals surface area (Å²) in [5.41, 5.74) is 6.01. The zero-order chi connectivity index (χ0) is 18.6. The average Bonchev–Trinajstić information content (AvgIpc) is 2.69. The number of likely N-dealkylation sites (tertiary alicyclic amines) is 2. The molecule has 0 aromatic heterocycles. The third kappa shape index (κ3) is 3.99. The summed E-state index contributed by atoms with van der Waals surface area (Å²) in [5, 5.41) is 2.95. The van der Waals surface area contributed by atoms with Gasteiger partial charge in [0.2, 0.25) is 5.91 Å². The maximum atomic E-state index is 12.6. The summed E-state index contributed by atoms with van der Waals surface area (Å²) < 4.78 is 0. The van der Waals surface area contributed by atoms with Gasteiger partial charge in [0.05, 0.1) is 0 Å². The van der Waals surface area contributed by atoms with E-state index in [0.717, 1.165) is 36.5 Å². The maximum Gasteiger partial charge on any atom is 0.321 e. The fraction of sp³-hybridized carbons (Fsp3) is 0.579. The van der Waals surface area contributed by atoms with Crippen LogP contribution in [0.2, 0.25) is 0 Å². The van der Waals surface area contributed by atoms with Gasteiger partial charge in [0, 0.05) is 23.7 Å². The van der Waals surface area contributed by atoms with Gasteiger partial charge in [-0.2, -0.15) is 0 Å². The van der Waals surface area contributed by atoms with Gasteiger partial charge >= 0.3 is 6.03 Å². The molecule has 142 valence electrons. The molecule has 3 N–H and O–H groups in total. The number of piperidine rings is 2. The summed E-state index contributed by atoms with van der Waals surface area (Å²) in [6, 6.07) is 7.69. The predicted octanol–water partition coefficient (Wildman–Crippen LogP) is 2.75. The highest BCUT2D eigenvalue weighted by atomic mass is 32.2. The second-order valence-electron chi connectivity index (χ2n) is 7.09. The number of thioether (sulfide) groups is 1. The summed E-state index contributed by atoms with van der Waals surface area (Å²) in [5.74, 6) is -0.243. The van der Waals surface area contributed by atoms with Crippen LogP contribution in [0.15, 0.2) is 29.2 Å². The van der Waals surface area contributed by atoms with Crippen molar-refractivity contribution >= 4 is 29.4 Å². The molecule has 2 fully saturated rings. The van der Waals surface area contributed by atoms with Gasteiger partial charge in [-0.3, -0.25) is 9.69 Å². The Balaban J connectivity index is 1.60. The minimum absolute atomic E-state index is 0.112. The van der Waals surface area contributed by atoms with Crippen molar-refractivity contribution in [2.75, 3.05) is 37.8 Å². The molecule has 0 atom stereocenters. The number of rotatable bonds is 4. The summed E-state index contributed by atoms with van der Waals surface area (Å²) in [6.07, 6.45) is 6.70. The summed E-state index contributed by atoms with van der Waals surface area (Å²) in [4.78, 5) is 30.0. The number of hydrogen-bond donors (Lipinski definition) is 2. The highest BCUT2D eigenvalue weighted by Gasteiger charge is 2.45. The van der Waals surface area contributed by atoms with Crippen molar-refractivity contribution in [3.63, 3.8) is 0 Å². The van der Waals surface area contributed by atoms with Crippen LogP contribution in [0.4, 0.5) is 10.5 Å². The lowest BCUT2D eigenvalue weighted by atomic mass is 9.83. The largest absolute Gasteiger partial charge is 0.368 e. The lowest BCUT2D eigenvalue weighted by Crippen LogP contribution is -2.64. The molecule has 0 bridgehead atoms. The summed E-state index contributed by atoms with van der Waals surface area (Å²) in [7, 11) is 0. The number of nitrogens with one attached hydrogen (secondary N) is 1. The fourth-order valence-corrected chi connectivity index (χ4v) is 4.41. The highest BCUT2D eigenvalue weighted by molar-refractivity contribution is 7.98. The quantitative estimate of drug-likeness (QED) is 0.792. The van der Waals surface area contributed by atoms with Gasteiger partial charge in [-0.15, -0.1) is 11.8 Å². The number of primary amides is 1. The number of nitrogens with zero attached hydrogens (tertiary/aromatic N) is 2. The van der Waals surface area contributed by atoms with Gasteiger partial charge < -0.3 is 16.0 Å². The lowest BCUT2D eigenvalue weighted by Gasteiger charge is -2.48. The van der Waals surface area contributed by atoms with Crippen LogP contribution in [0.5, 0.6) is 0 Å². The van der Waals surface area contributed by atoms with E-state index in [0.29, 0.717) is 25.9 Å². The standard InChI is InChI=1S/C19H28N4O2S/c1-26-16-7-5-15(6-8-16)21-18(25)22-13-9-19(10-14-22,17(20)24)23-11-3-2-4-12-23/h5-8H,2-4,9-14H2,1H3,(H2,20,24)(H,21,25). The Morgan fingerprint density at radius 3 is 2.19 bits per heavy atom. The van der Waals surface area contributed by atoms with Gasteiger partial charge in [0.15, 0.2) is 0 Å². The predicted molar refractivity (Wildman–Crippen MR) is 105 cm³/mol. The Kier molecular flexibility index (Phi) is 6.09. The third-order valence-electron chi connectivity index (χ3n) is 5.64. The Labute approximate surface area is 159 Å². The van der Waals surface area contributed by atoms with Crippen LogP contribution in [-0.4, -0.2) is 59.7 Å². The van der Waals surface area contributed by atoms with Crippen molar-refractivity contribution in [3.05, 3.63) is 24.3 Å². The van der Waals surface area contributed by atoms with E-state index in [1.54, 1.807) is 16.7 Å². The van der Waals surface area contributed by atoms with Crippen molar-refractivity contribution in [2.45, 2.75) is 42.5 Å². The van der Waals surface area contributed by atoms with E-state index in [9.17, 15) is 9.59 Å². The van der Waals surface area contributed by atoms with E-state index in [4.69, 9.17) is 5.73 Å². The molecule has 0 saturated carbocycles. The molecule has 2 saturated heterocycles. The zero-order valence-corrected chi connectivity index (χ0v) is 16.2. The Morgan fingerprint density at radius 1 is 1.04 bits per heavy atom. The van der Waals surface area contributed by atoms with E-state index in [1.165, 1.54) is 6.42 Å². The number of amides is 3. The van der Waals surface area contributed by atoms with Gasteiger partial charge in [-0.25, -0.2) is 4.79 Å². The molecule has 3 amide bonds. The Morgan fingerprint density at radius 2 is 1.65 bits per heavy atom. The number of carbonyl (C=O) groups is 2. The van der Waals surface area contributed by atoms with Gasteiger partial charge in [-0.05, 0) is 69.3 Å². The number of hydrogen-bond acceptors (Lipinski definition) is 4. The second-order valence-corrected chi connectivity index (χ2v) is 7.97. The SMILES string of the molecule is CSc1ccc(NC(=O)N2CCC(C(N)=O)(N3CCCCC3)CC2)cc1. The van der Waals surface area contributed by atoms with Crippen molar-refractivity contribution < 1.29 is 9.59 Å². The van der Waals surface area contributed by atoms with E-state index in [1.807, 2.05) is 30.5 Å². The van der Waals surface area contributed by atoms with E-state index in [-0.39, 0.29) is 11.9 Å². The number of nitrogens with two attached hydrogens (primary N) is 1. The fourth-order valence-electron chi connectivity index (χ4n) is 4.00. The smallest absolute Gasteiger partial charge is 0.321 e. The number of anilines is 1. The van der Waals surface area contributed by atoms with E-state index >= 15 is 0 Å². The lowest BCUT2D eigenvalue weighted by molar-refractivity contribution is -0.134. The first kappa shape index (κ1) is 19.0. The maximum absolute atomic E-state index is 12.6. The second kappa shape index (κ2) is 8.31. The molecule has 2 aliphatic heterocycles. The minimum atomic E-state index is -0.586. The Hall–Kier alpha value is -1.73. The summed E-state index contributed by atoms with van der Waals surface area (Å²) >= 11 is 1.67. The van der Waals surface area contributed by atoms with Crippen LogP contribution in [0.25, 0.3) is 0 Å². The molecule has 26 heavy (non-hydrogen) atoms. The van der Waals surface area contributed by atoms with Crippen LogP contribution >= 0.6 is 11.8 Å². The van der Waals surface area contributed by atoms with Crippen molar-refractivity contribution in [1.82, 2.24) is 9.80 Å². The first-order chi connectivity index (χ1) is 12.5. The molecule has 6 nitrogen and oxygen atoms in total. The molecular formula is C19H28N4O2S. The number of carbonyl (C=O) groups excluding carboxylic acids is 2. The molecular weight excluding hydrogens is 348 g/mol. The van der Waals surface area contributed by atoms with Gasteiger partial charge in [0.1, 0.15) is 5.54 Å². The molecule has 2 heterocycles. The molecule has 0 spiro atoms. The first-order valence-electron chi connectivity index (χ1n) is 9.30. The minimum Gasteiger partial charge on any atom is -0.368 e. The number of benzene rings is 1. The molecule has 1 aromatic rings. The molecule has 2 aliphatic rings. The molecule has 7 heteroatoms. The molecule has 3 rings (SSSR count). The third-order valence-corrected chi connectivity index (χ3v) is 6.38. The van der Waals surface area contributed by atoms with Crippen molar-refractivity contribution in [3.8, 4) is 0 Å². The summed E-state index contributed by atoms with van der Waals surface area (Å²) in [6.45, 7) is 2.95. The normalized spacial score (nSPS) is 20.6. The van der Waals surface area contributed by atoms with E-state index in [2.05, 4.69) is 10.2 Å². The van der Waals surface area contributed by atoms with Gasteiger partial charge in [0.25, 0.3) is 0 Å². The zero-order valence-electron chi connectivity index (χ0n) is 15.4. The van der Waals surface area contributed by atoms with Gasteiger partial charge in [-0.1, -0.05) is 6.42 Å². The monoisotopic (exact) mass is 376 g/mol. The van der Waals surface area contributed by atoms with Crippen LogP contribution in [-0.2, 0) is 4.79 Å². The van der Waals surface area contributed by atoms with Crippen LogP contribution in [0.1, 0.15) is 32.1 Å². The molecule has 0 aliphatic carbocycles. The Bertz CT molecular complexity index is 635. The van der Waals surface area contributed by atoms with Crippen molar-refractivity contribution in [2.24, 2.45) is 5.73 Å². The van der Waals surface area contributed by atoms with Crippen LogP contribution < -0.4 is 11.1 Å². The molecule has 0 radical (unpaired) electrons. The van der Waals surface area contributed by atoms with E-state index < -0.39 is 5.54 Å². The molecule has 0 unspecified atom stereocenters. The number of urea groups is 1. The molecule has 1 aromatic carbocycles. The van der Waals surface area contributed by atoms with Crippen LogP contribution in [0.3, 0.4) is 0 Å². The topological polar surface area (TPSA) is 78.7 Å². The van der Waals surface area contributed by atoms with Crippen molar-refractivity contribution in [1.29, 1.82) is 0 Å². The average molecular weight is 377 g/mol. The van der Waals surface area contributed by atoms with Crippen LogP contribution in [0, 0.1) is 0 Å².